The molecule has 2 saturated heterocycles. The third-order valence-electron chi connectivity index (χ3n) is 2.07. The Kier molecular flexibility index (Phi) is 1.92. The lowest BCUT2D eigenvalue weighted by Crippen LogP contribution is -2.23. The van der Waals surface area contributed by atoms with E-state index in [1.54, 1.807) is 7.11 Å². The number of hydrogen-bond acceptors (Lipinski definition) is 3. The molecule has 3 nitrogen and oxygen atoms in total. The van der Waals surface area contributed by atoms with Crippen molar-refractivity contribution in [1.82, 2.24) is 4.67 Å². The molecule has 0 saturated carbocycles. The molecule has 0 spiro atoms. The molecule has 3 unspecified atom stereocenters. The zero-order chi connectivity index (χ0) is 6.97. The molecule has 2 heterocycles. The first-order valence-corrected chi connectivity index (χ1v) is 4.75. The Morgan fingerprint density at radius 2 is 2.60 bits per heavy atom. The van der Waals surface area contributed by atoms with Crippen molar-refractivity contribution in [2.45, 2.75) is 6.42 Å². The minimum Gasteiger partial charge on any atom is -0.325 e. The van der Waals surface area contributed by atoms with E-state index >= 15 is 0 Å². The van der Waals surface area contributed by atoms with Crippen LogP contribution in [0.15, 0.2) is 0 Å². The Hall–Kier alpha value is 0.310. The topological polar surface area (TPSA) is 21.7 Å². The van der Waals surface area contributed by atoms with Gasteiger partial charge in [-0.2, -0.15) is 0 Å². The second-order valence-corrected chi connectivity index (χ2v) is 4.45. The van der Waals surface area contributed by atoms with Crippen LogP contribution in [-0.2, 0) is 9.05 Å². The second-order valence-electron chi connectivity index (χ2n) is 2.78. The van der Waals surface area contributed by atoms with Crippen molar-refractivity contribution in [2.75, 3.05) is 26.8 Å². The van der Waals surface area contributed by atoms with Crippen LogP contribution in [-0.4, -0.2) is 31.5 Å². The SMILES string of the molecule is COP1OCC2CCN1C2. The highest BCUT2D eigenvalue weighted by molar-refractivity contribution is 7.44. The average molecular weight is 161 g/mol. The fourth-order valence-electron chi connectivity index (χ4n) is 1.52. The maximum atomic E-state index is 5.48. The van der Waals surface area contributed by atoms with E-state index in [9.17, 15) is 0 Å². The van der Waals surface area contributed by atoms with E-state index in [0.717, 1.165) is 12.5 Å². The Morgan fingerprint density at radius 1 is 1.70 bits per heavy atom. The van der Waals surface area contributed by atoms with Crippen molar-refractivity contribution in [3.63, 3.8) is 0 Å². The summed E-state index contributed by atoms with van der Waals surface area (Å²) in [4.78, 5) is 0. The second kappa shape index (κ2) is 2.74. The molecule has 58 valence electrons. The van der Waals surface area contributed by atoms with Crippen molar-refractivity contribution in [1.29, 1.82) is 0 Å². The van der Waals surface area contributed by atoms with E-state index < -0.39 is 8.53 Å². The zero-order valence-corrected chi connectivity index (χ0v) is 7.01. The Morgan fingerprint density at radius 3 is 3.40 bits per heavy atom. The fraction of sp³-hybridized carbons (Fsp3) is 1.00. The van der Waals surface area contributed by atoms with E-state index in [1.165, 1.54) is 19.5 Å². The lowest BCUT2D eigenvalue weighted by Gasteiger charge is -2.28. The number of hydrogen-bond donors (Lipinski definition) is 0. The first-order chi connectivity index (χ1) is 4.90. The normalized spacial score (nSPS) is 45.9. The molecule has 0 N–H and O–H groups in total. The van der Waals surface area contributed by atoms with Gasteiger partial charge in [0.15, 0.2) is 0 Å². The quantitative estimate of drug-likeness (QED) is 0.539. The molecular formula is C6H12NO2P. The maximum Gasteiger partial charge on any atom is 0.258 e. The van der Waals surface area contributed by atoms with Gasteiger partial charge in [0.1, 0.15) is 0 Å². The molecule has 0 aromatic rings. The van der Waals surface area contributed by atoms with Gasteiger partial charge < -0.3 is 9.05 Å². The highest BCUT2D eigenvalue weighted by atomic mass is 31.2. The maximum absolute atomic E-state index is 5.48. The minimum absolute atomic E-state index is 0.658. The standard InChI is InChI=1S/C6H12NO2P/c1-8-10-7-3-2-6(4-7)5-9-10/h6H,2-5H2,1H3. The van der Waals surface area contributed by atoms with Gasteiger partial charge in [-0.15, -0.1) is 0 Å². The van der Waals surface area contributed by atoms with E-state index in [1.807, 2.05) is 0 Å². The van der Waals surface area contributed by atoms with E-state index in [0.29, 0.717) is 0 Å². The predicted octanol–water partition coefficient (Wildman–Crippen LogP) is 1.21. The van der Waals surface area contributed by atoms with Gasteiger partial charge in [-0.3, -0.25) is 0 Å². The molecule has 2 fully saturated rings. The number of fused-ring (bicyclic) bond motifs is 2. The summed E-state index contributed by atoms with van der Waals surface area (Å²) in [6, 6.07) is 0. The van der Waals surface area contributed by atoms with Gasteiger partial charge in [0.25, 0.3) is 8.53 Å². The van der Waals surface area contributed by atoms with Gasteiger partial charge in [-0.1, -0.05) is 0 Å². The Bertz CT molecular complexity index is 133. The summed E-state index contributed by atoms with van der Waals surface area (Å²) in [5, 5.41) is 0. The molecule has 0 aromatic carbocycles. The average Bonchev–Trinajstić information content (AvgIpc) is 2.34. The van der Waals surface area contributed by atoms with Gasteiger partial charge in [-0.05, 0) is 12.3 Å². The summed E-state index contributed by atoms with van der Waals surface area (Å²) in [5.74, 6) is 0.786. The van der Waals surface area contributed by atoms with Gasteiger partial charge in [0.05, 0.1) is 6.61 Å². The molecule has 0 aromatic heterocycles. The van der Waals surface area contributed by atoms with Gasteiger partial charge >= 0.3 is 0 Å². The van der Waals surface area contributed by atoms with Crippen LogP contribution in [0.25, 0.3) is 0 Å². The van der Waals surface area contributed by atoms with Crippen molar-refractivity contribution >= 4 is 8.53 Å². The third-order valence-corrected chi connectivity index (χ3v) is 3.58. The van der Waals surface area contributed by atoms with Crippen LogP contribution in [0.5, 0.6) is 0 Å². The molecule has 2 aliphatic heterocycles. The van der Waals surface area contributed by atoms with Crippen molar-refractivity contribution in [2.24, 2.45) is 5.92 Å². The molecule has 0 radical (unpaired) electrons. The molecular weight excluding hydrogens is 149 g/mol. The van der Waals surface area contributed by atoms with E-state index in [-0.39, 0.29) is 0 Å². The van der Waals surface area contributed by atoms with Crippen LogP contribution in [0, 0.1) is 5.92 Å². The first kappa shape index (κ1) is 6.99. The van der Waals surface area contributed by atoms with Crippen LogP contribution in [0.1, 0.15) is 6.42 Å². The largest absolute Gasteiger partial charge is 0.325 e. The summed E-state index contributed by atoms with van der Waals surface area (Å²) < 4.78 is 13.0. The molecule has 2 aliphatic rings. The molecule has 10 heavy (non-hydrogen) atoms. The minimum atomic E-state index is -0.658. The van der Waals surface area contributed by atoms with Crippen LogP contribution >= 0.6 is 8.53 Å². The zero-order valence-electron chi connectivity index (χ0n) is 6.12. The first-order valence-electron chi connectivity index (χ1n) is 3.62. The molecule has 2 rings (SSSR count). The van der Waals surface area contributed by atoms with Crippen LogP contribution in [0.3, 0.4) is 0 Å². The Labute approximate surface area is 62.3 Å². The number of nitrogens with zero attached hydrogens (tertiary/aromatic N) is 1. The highest BCUT2D eigenvalue weighted by Gasteiger charge is 2.35. The highest BCUT2D eigenvalue weighted by Crippen LogP contribution is 2.49. The van der Waals surface area contributed by atoms with E-state index in [4.69, 9.17) is 9.05 Å². The summed E-state index contributed by atoms with van der Waals surface area (Å²) in [7, 11) is 1.07. The van der Waals surface area contributed by atoms with Crippen molar-refractivity contribution < 1.29 is 9.05 Å². The fourth-order valence-corrected chi connectivity index (χ4v) is 3.00. The monoisotopic (exact) mass is 161 g/mol. The molecule has 0 amide bonds. The molecule has 2 bridgehead atoms. The predicted molar refractivity (Wildman–Crippen MR) is 39.6 cm³/mol. The third kappa shape index (κ3) is 1.08. The van der Waals surface area contributed by atoms with Gasteiger partial charge in [-0.25, -0.2) is 4.67 Å². The molecule has 4 heteroatoms. The van der Waals surface area contributed by atoms with Crippen molar-refractivity contribution in [3.8, 4) is 0 Å². The van der Waals surface area contributed by atoms with Gasteiger partial charge in [0.2, 0.25) is 0 Å². The molecule has 3 atom stereocenters. The lowest BCUT2D eigenvalue weighted by atomic mass is 10.1. The van der Waals surface area contributed by atoms with Crippen LogP contribution < -0.4 is 0 Å². The summed E-state index contributed by atoms with van der Waals surface area (Å²) in [6.07, 6.45) is 1.29. The summed E-state index contributed by atoms with van der Waals surface area (Å²) in [5.41, 5.74) is 0. The van der Waals surface area contributed by atoms with Crippen LogP contribution in [0.2, 0.25) is 0 Å². The van der Waals surface area contributed by atoms with E-state index in [2.05, 4.69) is 4.67 Å². The number of rotatable bonds is 1. The Balaban J connectivity index is 2.00. The molecule has 0 aliphatic carbocycles. The smallest absolute Gasteiger partial charge is 0.258 e. The summed E-state index contributed by atoms with van der Waals surface area (Å²) in [6.45, 7) is 3.28. The van der Waals surface area contributed by atoms with Gasteiger partial charge in [0, 0.05) is 20.2 Å². The summed E-state index contributed by atoms with van der Waals surface area (Å²) >= 11 is 0. The lowest BCUT2D eigenvalue weighted by molar-refractivity contribution is 0.183. The van der Waals surface area contributed by atoms with Crippen molar-refractivity contribution in [3.05, 3.63) is 0 Å². The van der Waals surface area contributed by atoms with Crippen LogP contribution in [0.4, 0.5) is 0 Å².